The number of rotatable bonds is 4. The van der Waals surface area contributed by atoms with E-state index in [1.54, 1.807) is 0 Å². The smallest absolute Gasteiger partial charge is 0.0510 e. The highest BCUT2D eigenvalue weighted by Crippen LogP contribution is 2.29. The van der Waals surface area contributed by atoms with Gasteiger partial charge in [0, 0.05) is 29.8 Å². The molecular formula is C14H22BrN3. The SMILES string of the molecule is CCN1CCCC1CN(C)c1ccc(N)cc1Br. The summed E-state index contributed by atoms with van der Waals surface area (Å²) < 4.78 is 1.08. The van der Waals surface area contributed by atoms with E-state index in [0.29, 0.717) is 6.04 Å². The molecule has 0 bridgehead atoms. The number of benzene rings is 1. The molecule has 0 radical (unpaired) electrons. The molecule has 1 fully saturated rings. The zero-order valence-electron chi connectivity index (χ0n) is 11.2. The highest BCUT2D eigenvalue weighted by Gasteiger charge is 2.24. The summed E-state index contributed by atoms with van der Waals surface area (Å²) in [6.45, 7) is 5.73. The molecular weight excluding hydrogens is 290 g/mol. The molecule has 4 heteroatoms. The van der Waals surface area contributed by atoms with Gasteiger partial charge in [0.25, 0.3) is 0 Å². The summed E-state index contributed by atoms with van der Waals surface area (Å²) in [6.07, 6.45) is 2.64. The van der Waals surface area contributed by atoms with Crippen LogP contribution in [-0.4, -0.2) is 37.6 Å². The summed E-state index contributed by atoms with van der Waals surface area (Å²) in [4.78, 5) is 4.89. The van der Waals surface area contributed by atoms with Gasteiger partial charge in [0.15, 0.2) is 0 Å². The van der Waals surface area contributed by atoms with Crippen LogP contribution in [0, 0.1) is 0 Å². The lowest BCUT2D eigenvalue weighted by molar-refractivity contribution is 0.270. The van der Waals surface area contributed by atoms with Gasteiger partial charge in [-0.05, 0) is 60.1 Å². The molecule has 0 saturated carbocycles. The topological polar surface area (TPSA) is 32.5 Å². The van der Waals surface area contributed by atoms with E-state index >= 15 is 0 Å². The van der Waals surface area contributed by atoms with Crippen LogP contribution in [0.1, 0.15) is 19.8 Å². The number of likely N-dealkylation sites (N-methyl/N-ethyl adjacent to an activating group) is 2. The van der Waals surface area contributed by atoms with Crippen molar-refractivity contribution in [3.8, 4) is 0 Å². The quantitative estimate of drug-likeness (QED) is 0.868. The molecule has 0 spiro atoms. The third-order valence-corrected chi connectivity index (χ3v) is 4.41. The van der Waals surface area contributed by atoms with Gasteiger partial charge in [-0.25, -0.2) is 0 Å². The van der Waals surface area contributed by atoms with Crippen LogP contribution in [0.4, 0.5) is 11.4 Å². The minimum Gasteiger partial charge on any atom is -0.399 e. The van der Waals surface area contributed by atoms with Gasteiger partial charge >= 0.3 is 0 Å². The number of likely N-dealkylation sites (tertiary alicyclic amines) is 1. The number of anilines is 2. The molecule has 2 N–H and O–H groups in total. The lowest BCUT2D eigenvalue weighted by Gasteiger charge is -2.29. The van der Waals surface area contributed by atoms with E-state index in [2.05, 4.69) is 45.8 Å². The first-order chi connectivity index (χ1) is 8.61. The highest BCUT2D eigenvalue weighted by atomic mass is 79.9. The van der Waals surface area contributed by atoms with E-state index in [1.807, 2.05) is 12.1 Å². The average molecular weight is 312 g/mol. The number of halogens is 1. The monoisotopic (exact) mass is 311 g/mol. The van der Waals surface area contributed by atoms with Crippen LogP contribution >= 0.6 is 15.9 Å². The Kier molecular flexibility index (Phi) is 4.51. The Morgan fingerprint density at radius 1 is 1.50 bits per heavy atom. The van der Waals surface area contributed by atoms with Crippen molar-refractivity contribution in [2.75, 3.05) is 37.3 Å². The summed E-state index contributed by atoms with van der Waals surface area (Å²) in [5, 5.41) is 0. The Hall–Kier alpha value is -0.740. The maximum Gasteiger partial charge on any atom is 0.0510 e. The molecule has 0 amide bonds. The van der Waals surface area contributed by atoms with Crippen molar-refractivity contribution in [2.24, 2.45) is 0 Å². The van der Waals surface area contributed by atoms with Crippen molar-refractivity contribution in [1.29, 1.82) is 0 Å². The van der Waals surface area contributed by atoms with E-state index in [1.165, 1.54) is 25.1 Å². The van der Waals surface area contributed by atoms with E-state index < -0.39 is 0 Å². The van der Waals surface area contributed by atoms with Gasteiger partial charge in [-0.3, -0.25) is 4.90 Å². The van der Waals surface area contributed by atoms with Crippen LogP contribution in [0.25, 0.3) is 0 Å². The van der Waals surface area contributed by atoms with Crippen LogP contribution in [0.5, 0.6) is 0 Å². The zero-order chi connectivity index (χ0) is 13.1. The first-order valence-corrected chi connectivity index (χ1v) is 7.41. The molecule has 0 aliphatic carbocycles. The molecule has 1 atom stereocenters. The molecule has 0 aromatic heterocycles. The first kappa shape index (κ1) is 13.7. The summed E-state index contributed by atoms with van der Waals surface area (Å²) in [7, 11) is 2.16. The highest BCUT2D eigenvalue weighted by molar-refractivity contribution is 9.10. The number of nitrogens with zero attached hydrogens (tertiary/aromatic N) is 2. The molecule has 1 heterocycles. The third kappa shape index (κ3) is 2.98. The van der Waals surface area contributed by atoms with Gasteiger partial charge in [0.2, 0.25) is 0 Å². The normalized spacial score (nSPS) is 20.3. The van der Waals surface area contributed by atoms with Crippen LogP contribution in [0.3, 0.4) is 0 Å². The van der Waals surface area contributed by atoms with Gasteiger partial charge in [-0.1, -0.05) is 6.92 Å². The number of hydrogen-bond donors (Lipinski definition) is 1. The summed E-state index contributed by atoms with van der Waals surface area (Å²) in [5.74, 6) is 0. The molecule has 1 aliphatic heterocycles. The molecule has 2 rings (SSSR count). The van der Waals surface area contributed by atoms with Gasteiger partial charge in [0.05, 0.1) is 5.69 Å². The maximum absolute atomic E-state index is 5.78. The lowest BCUT2D eigenvalue weighted by atomic mass is 10.2. The Bertz CT molecular complexity index is 408. The van der Waals surface area contributed by atoms with Crippen molar-refractivity contribution in [3.63, 3.8) is 0 Å². The molecule has 18 heavy (non-hydrogen) atoms. The van der Waals surface area contributed by atoms with Gasteiger partial charge in [-0.15, -0.1) is 0 Å². The van der Waals surface area contributed by atoms with Crippen molar-refractivity contribution >= 4 is 27.3 Å². The number of nitrogen functional groups attached to an aromatic ring is 1. The molecule has 1 aliphatic rings. The van der Waals surface area contributed by atoms with E-state index in [-0.39, 0.29) is 0 Å². The Morgan fingerprint density at radius 3 is 2.94 bits per heavy atom. The fourth-order valence-electron chi connectivity index (χ4n) is 2.77. The van der Waals surface area contributed by atoms with Gasteiger partial charge in [0.1, 0.15) is 0 Å². The minimum atomic E-state index is 0.685. The third-order valence-electron chi connectivity index (χ3n) is 3.77. The second kappa shape index (κ2) is 5.93. The van der Waals surface area contributed by atoms with Crippen LogP contribution in [0.2, 0.25) is 0 Å². The van der Waals surface area contributed by atoms with Crippen LogP contribution in [0.15, 0.2) is 22.7 Å². The Balaban J connectivity index is 2.05. The fraction of sp³-hybridized carbons (Fsp3) is 0.571. The van der Waals surface area contributed by atoms with E-state index in [4.69, 9.17) is 5.73 Å². The lowest BCUT2D eigenvalue weighted by Crippen LogP contribution is -2.38. The largest absolute Gasteiger partial charge is 0.399 e. The minimum absolute atomic E-state index is 0.685. The number of hydrogen-bond acceptors (Lipinski definition) is 3. The molecule has 1 unspecified atom stereocenters. The average Bonchev–Trinajstić information content (AvgIpc) is 2.76. The summed E-state index contributed by atoms with van der Waals surface area (Å²) >= 11 is 3.59. The predicted molar refractivity (Wildman–Crippen MR) is 82.1 cm³/mol. The molecule has 100 valence electrons. The van der Waals surface area contributed by atoms with Crippen molar-refractivity contribution in [3.05, 3.63) is 22.7 Å². The predicted octanol–water partition coefficient (Wildman–Crippen LogP) is 2.95. The van der Waals surface area contributed by atoms with E-state index in [9.17, 15) is 0 Å². The Morgan fingerprint density at radius 2 is 2.28 bits per heavy atom. The standard InChI is InChI=1S/C14H22BrN3/c1-3-18-8-4-5-12(18)10-17(2)14-7-6-11(16)9-13(14)15/h6-7,9,12H,3-5,8,10,16H2,1-2H3. The van der Waals surface area contributed by atoms with Gasteiger partial charge < -0.3 is 10.6 Å². The molecule has 1 saturated heterocycles. The van der Waals surface area contributed by atoms with Gasteiger partial charge in [-0.2, -0.15) is 0 Å². The van der Waals surface area contributed by atoms with Crippen molar-refractivity contribution < 1.29 is 0 Å². The number of nitrogens with two attached hydrogens (primary N) is 1. The molecule has 1 aromatic carbocycles. The summed E-state index contributed by atoms with van der Waals surface area (Å²) in [6, 6.07) is 6.70. The van der Waals surface area contributed by atoms with Crippen LogP contribution in [-0.2, 0) is 0 Å². The van der Waals surface area contributed by atoms with E-state index in [0.717, 1.165) is 23.2 Å². The summed E-state index contributed by atoms with van der Waals surface area (Å²) in [5.41, 5.74) is 7.79. The molecule has 3 nitrogen and oxygen atoms in total. The molecule has 1 aromatic rings. The van der Waals surface area contributed by atoms with Crippen LogP contribution < -0.4 is 10.6 Å². The first-order valence-electron chi connectivity index (χ1n) is 6.62. The fourth-order valence-corrected chi connectivity index (χ4v) is 3.46. The maximum atomic E-state index is 5.78. The van der Waals surface area contributed by atoms with Crippen molar-refractivity contribution in [1.82, 2.24) is 4.90 Å². The zero-order valence-corrected chi connectivity index (χ0v) is 12.8. The second-order valence-corrected chi connectivity index (χ2v) is 5.87. The van der Waals surface area contributed by atoms with Crippen molar-refractivity contribution in [2.45, 2.75) is 25.8 Å². The second-order valence-electron chi connectivity index (χ2n) is 5.02. The Labute approximate surface area is 118 Å².